The Balaban J connectivity index is 1.32. The van der Waals surface area contributed by atoms with Gasteiger partial charge < -0.3 is 14.6 Å². The van der Waals surface area contributed by atoms with Gasteiger partial charge in [-0.25, -0.2) is 0 Å². The zero-order chi connectivity index (χ0) is 21.3. The summed E-state index contributed by atoms with van der Waals surface area (Å²) in [6.07, 6.45) is 0. The van der Waals surface area contributed by atoms with E-state index >= 15 is 0 Å². The largest absolute Gasteiger partial charge is 0.451 e. The third-order valence-electron chi connectivity index (χ3n) is 5.59. The molecule has 2 aromatic carbocycles. The molecule has 0 saturated carbocycles. The third-order valence-corrected chi connectivity index (χ3v) is 5.83. The summed E-state index contributed by atoms with van der Waals surface area (Å²) in [4.78, 5) is 29.1. The van der Waals surface area contributed by atoms with Crippen LogP contribution in [0.3, 0.4) is 0 Å². The average molecular weight is 426 g/mol. The number of benzene rings is 2. The number of carbonyl (C=O) groups is 2. The van der Waals surface area contributed by atoms with Crippen molar-refractivity contribution in [3.63, 3.8) is 0 Å². The fourth-order valence-corrected chi connectivity index (χ4v) is 3.84. The maximum absolute atomic E-state index is 12.8. The van der Waals surface area contributed by atoms with Gasteiger partial charge in [0.05, 0.1) is 6.54 Å². The number of nitrogens with zero attached hydrogens (tertiary/aromatic N) is 2. The summed E-state index contributed by atoms with van der Waals surface area (Å²) in [6, 6.07) is 12.9. The standard InChI is InChI=1S/C23H24ClN3O3/c1-15-4-3-5-19(16(15)2)25-22(28)14-26-8-10-27(11-9-26)23(29)21-13-17-12-18(24)6-7-20(17)30-21/h3-7,12-13H,8-11,14H2,1-2H3,(H,25,28). The molecule has 6 nitrogen and oxygen atoms in total. The highest BCUT2D eigenvalue weighted by molar-refractivity contribution is 6.31. The van der Waals surface area contributed by atoms with E-state index in [1.54, 1.807) is 29.2 Å². The van der Waals surface area contributed by atoms with Crippen molar-refractivity contribution in [2.45, 2.75) is 13.8 Å². The monoisotopic (exact) mass is 425 g/mol. The van der Waals surface area contributed by atoms with Crippen LogP contribution in [-0.4, -0.2) is 54.3 Å². The first-order chi connectivity index (χ1) is 14.4. The molecule has 30 heavy (non-hydrogen) atoms. The fourth-order valence-electron chi connectivity index (χ4n) is 3.66. The number of anilines is 1. The van der Waals surface area contributed by atoms with Crippen LogP contribution in [0.2, 0.25) is 5.02 Å². The lowest BCUT2D eigenvalue weighted by Crippen LogP contribution is -2.50. The van der Waals surface area contributed by atoms with E-state index in [2.05, 4.69) is 10.2 Å². The van der Waals surface area contributed by atoms with Crippen molar-refractivity contribution in [2.75, 3.05) is 38.0 Å². The highest BCUT2D eigenvalue weighted by atomic mass is 35.5. The molecule has 1 N–H and O–H groups in total. The first-order valence-electron chi connectivity index (χ1n) is 9.97. The van der Waals surface area contributed by atoms with Crippen molar-refractivity contribution in [1.29, 1.82) is 0 Å². The number of nitrogens with one attached hydrogen (secondary N) is 1. The number of fused-ring (bicyclic) bond motifs is 1. The molecule has 1 aliphatic heterocycles. The van der Waals surface area contributed by atoms with E-state index in [4.69, 9.17) is 16.0 Å². The highest BCUT2D eigenvalue weighted by Gasteiger charge is 2.25. The molecule has 0 unspecified atom stereocenters. The van der Waals surface area contributed by atoms with Gasteiger partial charge in [0.15, 0.2) is 5.76 Å². The van der Waals surface area contributed by atoms with Crippen LogP contribution < -0.4 is 5.32 Å². The summed E-state index contributed by atoms with van der Waals surface area (Å²) in [5.74, 6) is 0.132. The minimum Gasteiger partial charge on any atom is -0.451 e. The molecule has 3 aromatic rings. The van der Waals surface area contributed by atoms with E-state index in [0.29, 0.717) is 49.1 Å². The number of halogens is 1. The Hall–Kier alpha value is -2.83. The van der Waals surface area contributed by atoms with Crippen molar-refractivity contribution in [1.82, 2.24) is 9.80 Å². The molecule has 0 radical (unpaired) electrons. The zero-order valence-corrected chi connectivity index (χ0v) is 17.8. The molecule has 4 rings (SSSR count). The van der Waals surface area contributed by atoms with Gasteiger partial charge in [0.2, 0.25) is 5.91 Å². The fraction of sp³-hybridized carbons (Fsp3) is 0.304. The molecular weight excluding hydrogens is 402 g/mol. The number of aryl methyl sites for hydroxylation is 1. The number of rotatable bonds is 4. The smallest absolute Gasteiger partial charge is 0.289 e. The van der Waals surface area contributed by atoms with Gasteiger partial charge >= 0.3 is 0 Å². The van der Waals surface area contributed by atoms with Crippen LogP contribution in [0.15, 0.2) is 46.9 Å². The third kappa shape index (κ3) is 4.35. The second-order valence-corrected chi connectivity index (χ2v) is 8.09. The number of hydrogen-bond donors (Lipinski definition) is 1. The predicted octanol–water partition coefficient (Wildman–Crippen LogP) is 4.10. The molecular formula is C23H24ClN3O3. The van der Waals surface area contributed by atoms with Gasteiger partial charge in [-0.3, -0.25) is 14.5 Å². The topological polar surface area (TPSA) is 65.8 Å². The van der Waals surface area contributed by atoms with E-state index in [-0.39, 0.29) is 11.8 Å². The Morgan fingerprint density at radius 3 is 2.60 bits per heavy atom. The maximum Gasteiger partial charge on any atom is 0.289 e. The van der Waals surface area contributed by atoms with E-state index < -0.39 is 0 Å². The SMILES string of the molecule is Cc1cccc(NC(=O)CN2CCN(C(=O)c3cc4cc(Cl)ccc4o3)CC2)c1C. The van der Waals surface area contributed by atoms with E-state index in [1.165, 1.54) is 0 Å². The average Bonchev–Trinajstić information content (AvgIpc) is 3.14. The van der Waals surface area contributed by atoms with Crippen LogP contribution in [0.1, 0.15) is 21.7 Å². The van der Waals surface area contributed by atoms with Crippen LogP contribution in [0.25, 0.3) is 11.0 Å². The Bertz CT molecular complexity index is 1100. The van der Waals surface area contributed by atoms with Gasteiger partial charge in [0.1, 0.15) is 5.58 Å². The predicted molar refractivity (Wildman–Crippen MR) is 118 cm³/mol. The van der Waals surface area contributed by atoms with Crippen LogP contribution >= 0.6 is 11.6 Å². The van der Waals surface area contributed by atoms with Crippen LogP contribution in [0.4, 0.5) is 5.69 Å². The Labute approximate surface area is 180 Å². The quantitative estimate of drug-likeness (QED) is 0.683. The molecule has 0 spiro atoms. The first kappa shape index (κ1) is 20.4. The molecule has 7 heteroatoms. The van der Waals surface area contributed by atoms with Crippen LogP contribution in [0.5, 0.6) is 0 Å². The van der Waals surface area contributed by atoms with E-state index in [9.17, 15) is 9.59 Å². The van der Waals surface area contributed by atoms with Gasteiger partial charge in [-0.2, -0.15) is 0 Å². The first-order valence-corrected chi connectivity index (χ1v) is 10.4. The number of amides is 2. The lowest BCUT2D eigenvalue weighted by molar-refractivity contribution is -0.117. The van der Waals surface area contributed by atoms with Gasteiger partial charge in [-0.1, -0.05) is 23.7 Å². The Morgan fingerprint density at radius 2 is 1.83 bits per heavy atom. The van der Waals surface area contributed by atoms with Crippen molar-refractivity contribution in [3.8, 4) is 0 Å². The summed E-state index contributed by atoms with van der Waals surface area (Å²) in [5.41, 5.74) is 3.71. The van der Waals surface area contributed by atoms with Crippen molar-refractivity contribution < 1.29 is 14.0 Å². The summed E-state index contributed by atoms with van der Waals surface area (Å²) >= 11 is 6.01. The molecule has 1 saturated heterocycles. The Morgan fingerprint density at radius 1 is 1.07 bits per heavy atom. The molecule has 156 valence electrons. The maximum atomic E-state index is 12.8. The van der Waals surface area contributed by atoms with Crippen LogP contribution in [0, 0.1) is 13.8 Å². The van der Waals surface area contributed by atoms with Gasteiger partial charge in [0, 0.05) is 42.3 Å². The lowest BCUT2D eigenvalue weighted by Gasteiger charge is -2.33. The Kier molecular flexibility index (Phi) is 5.79. The zero-order valence-electron chi connectivity index (χ0n) is 17.1. The molecule has 1 aromatic heterocycles. The van der Waals surface area contributed by atoms with Gasteiger partial charge in [-0.05, 0) is 55.3 Å². The normalized spacial score (nSPS) is 14.8. The molecule has 1 aliphatic rings. The van der Waals surface area contributed by atoms with Gasteiger partial charge in [0.25, 0.3) is 5.91 Å². The second kappa shape index (κ2) is 8.50. The van der Waals surface area contributed by atoms with Crippen molar-refractivity contribution >= 4 is 40.1 Å². The number of carbonyl (C=O) groups excluding carboxylic acids is 2. The van der Waals surface area contributed by atoms with Crippen molar-refractivity contribution in [3.05, 3.63) is 64.4 Å². The summed E-state index contributed by atoms with van der Waals surface area (Å²) in [5, 5.41) is 4.41. The van der Waals surface area contributed by atoms with E-state index in [1.807, 2.05) is 32.0 Å². The highest BCUT2D eigenvalue weighted by Crippen LogP contribution is 2.24. The summed E-state index contributed by atoms with van der Waals surface area (Å²) in [7, 11) is 0. The number of piperazine rings is 1. The lowest BCUT2D eigenvalue weighted by atomic mass is 10.1. The molecule has 0 aliphatic carbocycles. The molecule has 1 fully saturated rings. The van der Waals surface area contributed by atoms with E-state index in [0.717, 1.165) is 22.2 Å². The number of furan rings is 1. The summed E-state index contributed by atoms with van der Waals surface area (Å²) < 4.78 is 5.69. The molecule has 0 atom stereocenters. The van der Waals surface area contributed by atoms with Crippen molar-refractivity contribution in [2.24, 2.45) is 0 Å². The van der Waals surface area contributed by atoms with Gasteiger partial charge in [-0.15, -0.1) is 0 Å². The second-order valence-electron chi connectivity index (χ2n) is 7.66. The minimum absolute atomic E-state index is 0.0439. The molecule has 2 heterocycles. The number of hydrogen-bond acceptors (Lipinski definition) is 4. The molecule has 0 bridgehead atoms. The molecule has 2 amide bonds. The van der Waals surface area contributed by atoms with Crippen LogP contribution in [-0.2, 0) is 4.79 Å². The minimum atomic E-state index is -0.137. The summed E-state index contributed by atoms with van der Waals surface area (Å²) in [6.45, 7) is 6.70.